The molecule has 0 bridgehead atoms. The number of urea groups is 1. The molecular formula is C8H16N2O3. The van der Waals surface area contributed by atoms with Crippen LogP contribution >= 0.6 is 0 Å². The number of hydrogen-bond donors (Lipinski definition) is 1. The van der Waals surface area contributed by atoms with E-state index in [1.807, 2.05) is 0 Å². The molecule has 0 aliphatic heterocycles. The molecule has 0 aromatic carbocycles. The van der Waals surface area contributed by atoms with Crippen molar-refractivity contribution in [3.63, 3.8) is 0 Å². The predicted molar refractivity (Wildman–Crippen MR) is 48.7 cm³/mol. The third kappa shape index (κ3) is 3.91. The highest BCUT2D eigenvalue weighted by Gasteiger charge is 2.19. The Morgan fingerprint density at radius 3 is 2.23 bits per heavy atom. The number of nitrogens with two attached hydrogens (primary N) is 1. The number of hydrogen-bond acceptors (Lipinski definition) is 3. The van der Waals surface area contributed by atoms with Gasteiger partial charge in [0, 0.05) is 19.4 Å². The van der Waals surface area contributed by atoms with Crippen LogP contribution < -0.4 is 5.73 Å². The minimum Gasteiger partial charge on any atom is -0.351 e. The van der Waals surface area contributed by atoms with Crippen LogP contribution in [0, 0.1) is 0 Å². The van der Waals surface area contributed by atoms with Crippen LogP contribution in [0.3, 0.4) is 0 Å². The van der Waals surface area contributed by atoms with E-state index in [1.165, 1.54) is 6.20 Å². The summed E-state index contributed by atoms with van der Waals surface area (Å²) < 4.78 is 10.3. The molecule has 2 amide bonds. The van der Waals surface area contributed by atoms with Gasteiger partial charge in [-0.05, 0) is 13.8 Å². The van der Waals surface area contributed by atoms with Crippen LogP contribution in [0.4, 0.5) is 4.79 Å². The summed E-state index contributed by atoms with van der Waals surface area (Å²) in [6.45, 7) is 7.90. The van der Waals surface area contributed by atoms with E-state index < -0.39 is 12.4 Å². The van der Waals surface area contributed by atoms with Crippen molar-refractivity contribution in [1.82, 2.24) is 4.90 Å². The average molecular weight is 188 g/mol. The van der Waals surface area contributed by atoms with Gasteiger partial charge < -0.3 is 15.2 Å². The van der Waals surface area contributed by atoms with Crippen LogP contribution in [0.2, 0.25) is 0 Å². The van der Waals surface area contributed by atoms with Crippen molar-refractivity contribution in [1.29, 1.82) is 0 Å². The molecule has 5 nitrogen and oxygen atoms in total. The van der Waals surface area contributed by atoms with E-state index in [-0.39, 0.29) is 0 Å². The van der Waals surface area contributed by atoms with E-state index in [4.69, 9.17) is 15.2 Å². The van der Waals surface area contributed by atoms with Crippen LogP contribution in [-0.4, -0.2) is 30.6 Å². The topological polar surface area (TPSA) is 64.8 Å². The third-order valence-corrected chi connectivity index (χ3v) is 1.30. The van der Waals surface area contributed by atoms with E-state index in [1.54, 1.807) is 13.8 Å². The van der Waals surface area contributed by atoms with Crippen molar-refractivity contribution in [2.24, 2.45) is 5.73 Å². The van der Waals surface area contributed by atoms with Crippen molar-refractivity contribution >= 4 is 6.03 Å². The average Bonchev–Trinajstić information content (AvgIpc) is 2.05. The van der Waals surface area contributed by atoms with Crippen molar-refractivity contribution in [3.05, 3.63) is 12.8 Å². The van der Waals surface area contributed by atoms with Gasteiger partial charge in [0.25, 0.3) is 0 Å². The molecule has 0 unspecified atom stereocenters. The lowest BCUT2D eigenvalue weighted by Crippen LogP contribution is -2.42. The molecule has 0 radical (unpaired) electrons. The predicted octanol–water partition coefficient (Wildman–Crippen LogP) is 0.867. The standard InChI is InChI=1S/C8H16N2O3/c1-4-10(7(9)11)8(12-5-2)13-6-3/h4,8H,1,5-6H2,2-3H3,(H2,9,11). The van der Waals surface area contributed by atoms with Gasteiger partial charge in [-0.15, -0.1) is 0 Å². The molecule has 76 valence electrons. The summed E-state index contributed by atoms with van der Waals surface area (Å²) in [6, 6.07) is -0.651. The van der Waals surface area contributed by atoms with Gasteiger partial charge >= 0.3 is 6.03 Å². The van der Waals surface area contributed by atoms with E-state index in [2.05, 4.69) is 6.58 Å². The number of amides is 2. The Morgan fingerprint density at radius 2 is 2.00 bits per heavy atom. The Hall–Kier alpha value is -1.07. The fraction of sp³-hybridized carbons (Fsp3) is 0.625. The Bertz CT molecular complexity index is 167. The van der Waals surface area contributed by atoms with Gasteiger partial charge in [0.2, 0.25) is 6.41 Å². The Labute approximate surface area is 78.1 Å². The van der Waals surface area contributed by atoms with Crippen LogP contribution in [0.15, 0.2) is 12.8 Å². The zero-order chi connectivity index (χ0) is 10.3. The number of nitrogens with zero attached hydrogens (tertiary/aromatic N) is 1. The Morgan fingerprint density at radius 1 is 1.54 bits per heavy atom. The molecule has 0 aliphatic rings. The highest BCUT2D eigenvalue weighted by Crippen LogP contribution is 2.03. The summed E-state index contributed by atoms with van der Waals surface area (Å²) in [5, 5.41) is 0. The first-order valence-electron chi connectivity index (χ1n) is 4.10. The molecule has 0 aromatic heterocycles. The van der Waals surface area contributed by atoms with Gasteiger partial charge in [-0.1, -0.05) is 6.58 Å². The first-order chi connectivity index (χ1) is 6.17. The quantitative estimate of drug-likeness (QED) is 0.629. The van der Waals surface area contributed by atoms with Crippen molar-refractivity contribution < 1.29 is 14.3 Å². The van der Waals surface area contributed by atoms with Gasteiger partial charge in [0.1, 0.15) is 0 Å². The van der Waals surface area contributed by atoms with E-state index in [0.29, 0.717) is 13.2 Å². The molecule has 0 saturated heterocycles. The number of carbonyl (C=O) groups excluding carboxylic acids is 1. The monoisotopic (exact) mass is 188 g/mol. The smallest absolute Gasteiger partial charge is 0.322 e. The van der Waals surface area contributed by atoms with Crippen molar-refractivity contribution in [2.45, 2.75) is 20.3 Å². The Balaban J connectivity index is 4.28. The summed E-state index contributed by atoms with van der Waals surface area (Å²) in [5.41, 5.74) is 5.06. The second-order valence-corrected chi connectivity index (χ2v) is 2.15. The molecule has 0 atom stereocenters. The summed E-state index contributed by atoms with van der Waals surface area (Å²) in [4.78, 5) is 11.9. The molecule has 0 aromatic rings. The molecule has 0 saturated carbocycles. The summed E-state index contributed by atoms with van der Waals surface area (Å²) in [6.07, 6.45) is 0.503. The molecule has 0 fully saturated rings. The number of rotatable bonds is 6. The maximum absolute atomic E-state index is 10.8. The van der Waals surface area contributed by atoms with Crippen molar-refractivity contribution in [2.75, 3.05) is 13.2 Å². The summed E-state index contributed by atoms with van der Waals surface area (Å²) in [5.74, 6) is 0. The molecule has 0 aliphatic carbocycles. The number of ether oxygens (including phenoxy) is 2. The van der Waals surface area contributed by atoms with E-state index in [9.17, 15) is 4.79 Å². The zero-order valence-electron chi connectivity index (χ0n) is 8.03. The molecule has 0 spiro atoms. The lowest BCUT2D eigenvalue weighted by atomic mass is 10.7. The van der Waals surface area contributed by atoms with Gasteiger partial charge in [-0.25, -0.2) is 4.79 Å². The molecule has 2 N–H and O–H groups in total. The van der Waals surface area contributed by atoms with Gasteiger partial charge in [-0.3, -0.25) is 4.90 Å². The molecule has 13 heavy (non-hydrogen) atoms. The first-order valence-corrected chi connectivity index (χ1v) is 4.10. The van der Waals surface area contributed by atoms with Gasteiger partial charge in [-0.2, -0.15) is 0 Å². The van der Waals surface area contributed by atoms with E-state index in [0.717, 1.165) is 4.90 Å². The summed E-state index contributed by atoms with van der Waals surface area (Å²) >= 11 is 0. The zero-order valence-corrected chi connectivity index (χ0v) is 8.03. The largest absolute Gasteiger partial charge is 0.351 e. The lowest BCUT2D eigenvalue weighted by Gasteiger charge is -2.25. The SMILES string of the molecule is C=CN(C(N)=O)C(OCC)OCC. The molecule has 0 heterocycles. The van der Waals surface area contributed by atoms with Crippen molar-refractivity contribution in [3.8, 4) is 0 Å². The maximum atomic E-state index is 10.8. The maximum Gasteiger partial charge on any atom is 0.322 e. The Kier molecular flexibility index (Phi) is 5.92. The van der Waals surface area contributed by atoms with Gasteiger partial charge in [0.05, 0.1) is 0 Å². The summed E-state index contributed by atoms with van der Waals surface area (Å²) in [7, 11) is 0. The second-order valence-electron chi connectivity index (χ2n) is 2.15. The fourth-order valence-corrected chi connectivity index (χ4v) is 0.774. The van der Waals surface area contributed by atoms with Crippen LogP contribution in [0.25, 0.3) is 0 Å². The minimum atomic E-state index is -0.773. The van der Waals surface area contributed by atoms with Crippen LogP contribution in [0.5, 0.6) is 0 Å². The third-order valence-electron chi connectivity index (χ3n) is 1.30. The number of carbonyl (C=O) groups is 1. The lowest BCUT2D eigenvalue weighted by molar-refractivity contribution is -0.190. The normalized spacial score (nSPS) is 10.1. The highest BCUT2D eigenvalue weighted by atomic mass is 16.7. The first kappa shape index (κ1) is 11.9. The highest BCUT2D eigenvalue weighted by molar-refractivity contribution is 5.73. The molecule has 0 rings (SSSR count). The second kappa shape index (κ2) is 6.45. The van der Waals surface area contributed by atoms with Crippen LogP contribution in [-0.2, 0) is 9.47 Å². The molecule has 5 heteroatoms. The molecular weight excluding hydrogens is 172 g/mol. The number of primary amides is 1. The fourth-order valence-electron chi connectivity index (χ4n) is 0.774. The van der Waals surface area contributed by atoms with E-state index >= 15 is 0 Å². The minimum absolute atomic E-state index is 0.433. The van der Waals surface area contributed by atoms with Gasteiger partial charge in [0.15, 0.2) is 0 Å². The van der Waals surface area contributed by atoms with Crippen LogP contribution in [0.1, 0.15) is 13.8 Å².